The van der Waals surface area contributed by atoms with Gasteiger partial charge < -0.3 is 20.0 Å². The second kappa shape index (κ2) is 8.89. The molecule has 1 aromatic heterocycles. The standard InChI is InChI=1S/C22H26N4O5S/c1-14-5-3-7-18(15(14)2)23-21(27)13-26(12-16-6-4-10-31-16)32(29,30)17-8-9-19-20(11-17)25-22(28)24-19/h3,5,7-9,11,16H,4,6,10,12-13H2,1-2H3,(H,23,27)(H2,24,25,28)/t16-/m0/s1. The zero-order valence-electron chi connectivity index (χ0n) is 18.0. The van der Waals surface area contributed by atoms with E-state index in [0.29, 0.717) is 23.3 Å². The molecule has 10 heteroatoms. The molecule has 1 saturated heterocycles. The summed E-state index contributed by atoms with van der Waals surface area (Å²) in [5.74, 6) is -0.434. The molecule has 1 fully saturated rings. The van der Waals surface area contributed by atoms with Crippen molar-refractivity contribution in [3.63, 3.8) is 0 Å². The number of rotatable bonds is 7. The molecule has 3 N–H and O–H groups in total. The van der Waals surface area contributed by atoms with Crippen LogP contribution in [0.15, 0.2) is 46.1 Å². The van der Waals surface area contributed by atoms with Crippen molar-refractivity contribution >= 4 is 32.7 Å². The van der Waals surface area contributed by atoms with Crippen molar-refractivity contribution in [2.45, 2.75) is 37.7 Å². The van der Waals surface area contributed by atoms with E-state index < -0.39 is 21.6 Å². The Morgan fingerprint density at radius 3 is 2.72 bits per heavy atom. The van der Waals surface area contributed by atoms with Crippen LogP contribution in [0.3, 0.4) is 0 Å². The quantitative estimate of drug-likeness (QED) is 0.501. The topological polar surface area (TPSA) is 124 Å². The molecule has 0 aliphatic carbocycles. The first-order chi connectivity index (χ1) is 15.2. The third kappa shape index (κ3) is 4.62. The minimum atomic E-state index is -4.02. The molecule has 0 bridgehead atoms. The maximum Gasteiger partial charge on any atom is 0.323 e. The number of carbonyl (C=O) groups excluding carboxylic acids is 1. The average molecular weight is 459 g/mol. The van der Waals surface area contributed by atoms with Gasteiger partial charge in [-0.15, -0.1) is 0 Å². The van der Waals surface area contributed by atoms with Crippen LogP contribution in [-0.2, 0) is 19.6 Å². The second-order valence-electron chi connectivity index (χ2n) is 8.01. The van der Waals surface area contributed by atoms with Crippen LogP contribution in [0.25, 0.3) is 11.0 Å². The van der Waals surface area contributed by atoms with Gasteiger partial charge in [-0.3, -0.25) is 4.79 Å². The van der Waals surface area contributed by atoms with E-state index in [9.17, 15) is 18.0 Å². The third-order valence-corrected chi connectivity index (χ3v) is 7.56. The van der Waals surface area contributed by atoms with Gasteiger partial charge in [-0.2, -0.15) is 4.31 Å². The number of aromatic amines is 2. The van der Waals surface area contributed by atoms with Crippen LogP contribution >= 0.6 is 0 Å². The Morgan fingerprint density at radius 2 is 1.97 bits per heavy atom. The van der Waals surface area contributed by atoms with Gasteiger partial charge in [0.2, 0.25) is 15.9 Å². The molecular weight excluding hydrogens is 432 g/mol. The highest BCUT2D eigenvalue weighted by atomic mass is 32.2. The fraction of sp³-hybridized carbons (Fsp3) is 0.364. The number of aryl methyl sites for hydroxylation is 1. The molecular formula is C22H26N4O5S. The van der Waals surface area contributed by atoms with Crippen molar-refractivity contribution in [2.24, 2.45) is 0 Å². The minimum Gasteiger partial charge on any atom is -0.377 e. The van der Waals surface area contributed by atoms with E-state index in [4.69, 9.17) is 4.74 Å². The number of nitrogens with zero attached hydrogens (tertiary/aromatic N) is 1. The number of ether oxygens (including phenoxy) is 1. The number of benzene rings is 2. The number of H-pyrrole nitrogens is 2. The number of fused-ring (bicyclic) bond motifs is 1. The molecule has 4 rings (SSSR count). The minimum absolute atomic E-state index is 0.00205. The molecule has 1 atom stereocenters. The lowest BCUT2D eigenvalue weighted by molar-refractivity contribution is -0.116. The van der Waals surface area contributed by atoms with E-state index in [1.165, 1.54) is 18.2 Å². The van der Waals surface area contributed by atoms with Crippen LogP contribution in [0.1, 0.15) is 24.0 Å². The number of hydrogen-bond donors (Lipinski definition) is 3. The largest absolute Gasteiger partial charge is 0.377 e. The van der Waals surface area contributed by atoms with E-state index >= 15 is 0 Å². The smallest absolute Gasteiger partial charge is 0.323 e. The molecule has 0 saturated carbocycles. The Morgan fingerprint density at radius 1 is 1.19 bits per heavy atom. The average Bonchev–Trinajstić information content (AvgIpc) is 3.38. The number of imidazole rings is 1. The molecule has 0 spiro atoms. The number of aromatic nitrogens is 2. The Bertz CT molecular complexity index is 1310. The van der Waals surface area contributed by atoms with Gasteiger partial charge in [0.15, 0.2) is 0 Å². The summed E-state index contributed by atoms with van der Waals surface area (Å²) >= 11 is 0. The summed E-state index contributed by atoms with van der Waals surface area (Å²) in [4.78, 5) is 29.5. The lowest BCUT2D eigenvalue weighted by Gasteiger charge is -2.24. The molecule has 1 aliphatic heterocycles. The highest BCUT2D eigenvalue weighted by molar-refractivity contribution is 7.89. The molecule has 0 unspecified atom stereocenters. The molecule has 1 aliphatic rings. The number of hydrogen-bond acceptors (Lipinski definition) is 5. The van der Waals surface area contributed by atoms with Gasteiger partial charge in [-0.05, 0) is 62.1 Å². The predicted molar refractivity (Wildman–Crippen MR) is 121 cm³/mol. The van der Waals surface area contributed by atoms with Crippen LogP contribution in [0, 0.1) is 13.8 Å². The number of anilines is 1. The van der Waals surface area contributed by atoms with E-state index in [1.807, 2.05) is 26.0 Å². The van der Waals surface area contributed by atoms with E-state index in [0.717, 1.165) is 28.3 Å². The van der Waals surface area contributed by atoms with Gasteiger partial charge in [0, 0.05) is 18.8 Å². The summed E-state index contributed by atoms with van der Waals surface area (Å²) in [5, 5.41) is 2.82. The van der Waals surface area contributed by atoms with Crippen LogP contribution in [0.2, 0.25) is 0 Å². The summed E-state index contributed by atoms with van der Waals surface area (Å²) in [7, 11) is -4.02. The fourth-order valence-corrected chi connectivity index (χ4v) is 5.28. The van der Waals surface area contributed by atoms with Gasteiger partial charge >= 0.3 is 5.69 Å². The molecule has 2 aromatic carbocycles. The van der Waals surface area contributed by atoms with Crippen LogP contribution in [0.5, 0.6) is 0 Å². The van der Waals surface area contributed by atoms with Gasteiger partial charge in [0.1, 0.15) is 0 Å². The summed E-state index contributed by atoms with van der Waals surface area (Å²) < 4.78 is 33.7. The first kappa shape index (κ1) is 22.3. The first-order valence-corrected chi connectivity index (χ1v) is 11.9. The molecule has 32 heavy (non-hydrogen) atoms. The van der Waals surface area contributed by atoms with E-state index in [1.54, 1.807) is 6.07 Å². The summed E-state index contributed by atoms with van der Waals surface area (Å²) in [6.45, 7) is 4.14. The molecule has 3 aromatic rings. The molecule has 9 nitrogen and oxygen atoms in total. The molecule has 0 radical (unpaired) electrons. The van der Waals surface area contributed by atoms with Crippen LogP contribution in [0.4, 0.5) is 5.69 Å². The van der Waals surface area contributed by atoms with Gasteiger partial charge in [0.25, 0.3) is 0 Å². The maximum absolute atomic E-state index is 13.5. The molecule has 2 heterocycles. The third-order valence-electron chi connectivity index (χ3n) is 5.76. The van der Waals surface area contributed by atoms with Gasteiger partial charge in [-0.1, -0.05) is 12.1 Å². The summed E-state index contributed by atoms with van der Waals surface area (Å²) in [6, 6.07) is 9.92. The predicted octanol–water partition coefficient (Wildman–Crippen LogP) is 2.28. The Balaban J connectivity index is 1.61. The molecule has 1 amide bonds. The Kier molecular flexibility index (Phi) is 6.18. The van der Waals surface area contributed by atoms with Crippen molar-refractivity contribution in [1.29, 1.82) is 0 Å². The maximum atomic E-state index is 13.5. The Labute approximate surface area is 185 Å². The number of carbonyl (C=O) groups is 1. The van der Waals surface area contributed by atoms with Crippen molar-refractivity contribution < 1.29 is 17.9 Å². The highest BCUT2D eigenvalue weighted by Gasteiger charge is 2.31. The van der Waals surface area contributed by atoms with Crippen molar-refractivity contribution in [3.05, 3.63) is 58.0 Å². The Hall–Kier alpha value is -2.95. The number of amides is 1. The number of sulfonamides is 1. The SMILES string of the molecule is Cc1cccc(NC(=O)CN(C[C@@H]2CCCO2)S(=O)(=O)c2ccc3[nH]c(=O)[nH]c3c2)c1C. The molecule has 170 valence electrons. The monoisotopic (exact) mass is 458 g/mol. The van der Waals surface area contributed by atoms with Crippen LogP contribution < -0.4 is 11.0 Å². The fourth-order valence-electron chi connectivity index (χ4n) is 3.82. The van der Waals surface area contributed by atoms with Crippen molar-refractivity contribution in [1.82, 2.24) is 14.3 Å². The second-order valence-corrected chi connectivity index (χ2v) is 9.95. The van der Waals surface area contributed by atoms with Gasteiger partial charge in [-0.25, -0.2) is 13.2 Å². The number of nitrogens with one attached hydrogen (secondary N) is 3. The van der Waals surface area contributed by atoms with Crippen molar-refractivity contribution in [2.75, 3.05) is 25.0 Å². The zero-order valence-corrected chi connectivity index (χ0v) is 18.8. The van der Waals surface area contributed by atoms with E-state index in [2.05, 4.69) is 15.3 Å². The first-order valence-electron chi connectivity index (χ1n) is 10.4. The lowest BCUT2D eigenvalue weighted by Crippen LogP contribution is -2.42. The summed E-state index contributed by atoms with van der Waals surface area (Å²) in [6.07, 6.45) is 1.31. The lowest BCUT2D eigenvalue weighted by atomic mass is 10.1. The van der Waals surface area contributed by atoms with E-state index in [-0.39, 0.29) is 24.1 Å². The van der Waals surface area contributed by atoms with Crippen molar-refractivity contribution in [3.8, 4) is 0 Å². The normalized spacial score (nSPS) is 16.7. The zero-order chi connectivity index (χ0) is 22.9. The van der Waals surface area contributed by atoms with Gasteiger partial charge in [0.05, 0.1) is 28.6 Å². The van der Waals surface area contributed by atoms with Crippen LogP contribution in [-0.4, -0.2) is 54.4 Å². The highest BCUT2D eigenvalue weighted by Crippen LogP contribution is 2.23. The summed E-state index contributed by atoms with van der Waals surface area (Å²) in [5.41, 5.74) is 3.08.